The Kier molecular flexibility index (Phi) is 6.41. The van der Waals surface area contributed by atoms with Gasteiger partial charge >= 0.3 is 11.9 Å². The van der Waals surface area contributed by atoms with E-state index in [4.69, 9.17) is 33.3 Å². The number of hydrogen-bond donors (Lipinski definition) is 2. The number of thiocarbonyl (C=S) groups is 1. The number of aromatic carboxylic acids is 1. The second-order valence-electron chi connectivity index (χ2n) is 6.03. The topological polar surface area (TPSA) is 108 Å². The normalized spacial score (nSPS) is 15.3. The maximum absolute atomic E-state index is 12.5. The van der Waals surface area contributed by atoms with Gasteiger partial charge in [-0.1, -0.05) is 35.6 Å². The molecule has 0 spiro atoms. The molecule has 1 aliphatic heterocycles. The number of carboxylic acids is 2. The molecule has 2 N–H and O–H groups in total. The van der Waals surface area contributed by atoms with Crippen LogP contribution in [0.1, 0.15) is 29.0 Å². The van der Waals surface area contributed by atoms with Gasteiger partial charge in [0, 0.05) is 24.6 Å². The first-order valence-corrected chi connectivity index (χ1v) is 9.96. The fraction of sp³-hybridized carbons (Fsp3) is 0.158. The quantitative estimate of drug-likeness (QED) is 0.472. The summed E-state index contributed by atoms with van der Waals surface area (Å²) in [5.74, 6) is -1.55. The van der Waals surface area contributed by atoms with Crippen molar-refractivity contribution in [2.75, 3.05) is 6.54 Å². The van der Waals surface area contributed by atoms with Crippen molar-refractivity contribution in [2.45, 2.75) is 12.8 Å². The fourth-order valence-corrected chi connectivity index (χ4v) is 4.13. The number of nitrogens with zero attached hydrogens (tertiary/aromatic N) is 1. The van der Waals surface area contributed by atoms with E-state index >= 15 is 0 Å². The number of benzene rings is 1. The summed E-state index contributed by atoms with van der Waals surface area (Å²) in [6.45, 7) is 0.237. The van der Waals surface area contributed by atoms with Crippen LogP contribution in [0.25, 0.3) is 17.4 Å². The number of thioether (sulfide) groups is 1. The zero-order valence-electron chi connectivity index (χ0n) is 14.8. The van der Waals surface area contributed by atoms with Crippen LogP contribution in [0.3, 0.4) is 0 Å². The Morgan fingerprint density at radius 3 is 2.69 bits per heavy atom. The summed E-state index contributed by atoms with van der Waals surface area (Å²) in [4.78, 5) is 36.1. The van der Waals surface area contributed by atoms with E-state index in [1.807, 2.05) is 0 Å². The molecule has 7 nitrogen and oxygen atoms in total. The minimum atomic E-state index is -1.14. The van der Waals surface area contributed by atoms with Crippen molar-refractivity contribution in [3.63, 3.8) is 0 Å². The molecule has 0 unspecified atom stereocenters. The maximum atomic E-state index is 12.5. The summed E-state index contributed by atoms with van der Waals surface area (Å²) in [5, 5.41) is 18.0. The number of furan rings is 1. The summed E-state index contributed by atoms with van der Waals surface area (Å²) in [6, 6.07) is 7.84. The van der Waals surface area contributed by atoms with Crippen molar-refractivity contribution in [3.05, 3.63) is 51.6 Å². The molecule has 0 radical (unpaired) electrons. The van der Waals surface area contributed by atoms with Gasteiger partial charge in [-0.25, -0.2) is 4.79 Å². The van der Waals surface area contributed by atoms with Gasteiger partial charge < -0.3 is 14.6 Å². The third kappa shape index (κ3) is 4.87. The second kappa shape index (κ2) is 8.81. The fourth-order valence-electron chi connectivity index (χ4n) is 2.64. The number of amides is 1. The molecule has 1 fully saturated rings. The number of carbonyl (C=O) groups excluding carboxylic acids is 1. The van der Waals surface area contributed by atoms with Crippen LogP contribution in [-0.4, -0.2) is 43.8 Å². The smallest absolute Gasteiger partial charge is 0.337 e. The molecule has 1 saturated heterocycles. The molecule has 2 heterocycles. The summed E-state index contributed by atoms with van der Waals surface area (Å²) >= 11 is 12.2. The summed E-state index contributed by atoms with van der Waals surface area (Å²) in [5.41, 5.74) is 0.497. The van der Waals surface area contributed by atoms with Gasteiger partial charge in [0.1, 0.15) is 15.8 Å². The monoisotopic (exact) mass is 451 g/mol. The molecular weight excluding hydrogens is 438 g/mol. The molecule has 2 aromatic rings. The second-order valence-corrected chi connectivity index (χ2v) is 8.12. The van der Waals surface area contributed by atoms with E-state index in [-0.39, 0.29) is 29.5 Å². The highest BCUT2D eigenvalue weighted by Gasteiger charge is 2.32. The number of carbonyl (C=O) groups is 3. The van der Waals surface area contributed by atoms with Gasteiger partial charge in [-0.2, -0.15) is 0 Å². The SMILES string of the molecule is O=C(O)CCCN1C(=O)C(=Cc2ccc(-c3ccc(Cl)c(C(=O)O)c3)o2)SC1=S. The van der Waals surface area contributed by atoms with E-state index < -0.39 is 11.9 Å². The first-order chi connectivity index (χ1) is 13.8. The molecule has 1 aromatic carbocycles. The molecular formula is C19H14ClNO6S2. The Labute approximate surface area is 179 Å². The van der Waals surface area contributed by atoms with Crippen LogP contribution in [-0.2, 0) is 9.59 Å². The van der Waals surface area contributed by atoms with Crippen molar-refractivity contribution in [2.24, 2.45) is 0 Å². The Morgan fingerprint density at radius 2 is 2.00 bits per heavy atom. The Hall–Kier alpha value is -2.62. The Bertz CT molecular complexity index is 1050. The molecule has 1 amide bonds. The van der Waals surface area contributed by atoms with Crippen LogP contribution < -0.4 is 0 Å². The van der Waals surface area contributed by atoms with E-state index in [1.165, 1.54) is 17.0 Å². The molecule has 0 aliphatic carbocycles. The van der Waals surface area contributed by atoms with Gasteiger partial charge in [0.25, 0.3) is 5.91 Å². The standard InChI is InChI=1S/C19H14ClNO6S2/c20-13-5-3-10(8-12(13)18(25)26)14-6-4-11(27-14)9-15-17(24)21(19(28)29-15)7-1-2-16(22)23/h3-6,8-9H,1-2,7H2,(H,22,23)(H,25,26). The minimum Gasteiger partial charge on any atom is -0.481 e. The third-order valence-corrected chi connectivity index (χ3v) is 5.73. The van der Waals surface area contributed by atoms with E-state index in [0.717, 1.165) is 11.8 Å². The van der Waals surface area contributed by atoms with Gasteiger partial charge in [-0.05, 0) is 36.8 Å². The van der Waals surface area contributed by atoms with Crippen molar-refractivity contribution < 1.29 is 29.0 Å². The molecule has 150 valence electrons. The molecule has 1 aromatic heterocycles. The highest BCUT2D eigenvalue weighted by molar-refractivity contribution is 8.26. The lowest BCUT2D eigenvalue weighted by Gasteiger charge is -2.13. The molecule has 3 rings (SSSR count). The first-order valence-electron chi connectivity index (χ1n) is 8.36. The van der Waals surface area contributed by atoms with Crippen LogP contribution in [0.4, 0.5) is 0 Å². The average Bonchev–Trinajstić information content (AvgIpc) is 3.22. The summed E-state index contributed by atoms with van der Waals surface area (Å²) < 4.78 is 6.08. The summed E-state index contributed by atoms with van der Waals surface area (Å²) in [6.07, 6.45) is 1.81. The lowest BCUT2D eigenvalue weighted by molar-refractivity contribution is -0.137. The van der Waals surface area contributed by atoms with Crippen LogP contribution in [0, 0.1) is 0 Å². The van der Waals surface area contributed by atoms with Gasteiger partial charge in [-0.15, -0.1) is 0 Å². The molecule has 0 saturated carbocycles. The van der Waals surface area contributed by atoms with E-state index in [1.54, 1.807) is 24.3 Å². The van der Waals surface area contributed by atoms with Gasteiger partial charge in [0.15, 0.2) is 0 Å². The number of aliphatic carboxylic acids is 1. The lowest BCUT2D eigenvalue weighted by Crippen LogP contribution is -2.29. The molecule has 29 heavy (non-hydrogen) atoms. The first kappa shape index (κ1) is 21.1. The molecule has 0 atom stereocenters. The van der Waals surface area contributed by atoms with Gasteiger partial charge in [0.05, 0.1) is 15.5 Å². The molecule has 10 heteroatoms. The number of carboxylic acid groups (broad SMARTS) is 2. The number of halogens is 1. The van der Waals surface area contributed by atoms with E-state index in [2.05, 4.69) is 0 Å². The minimum absolute atomic E-state index is 0.0376. The van der Waals surface area contributed by atoms with Gasteiger partial charge in [-0.3, -0.25) is 14.5 Å². The number of rotatable bonds is 7. The largest absolute Gasteiger partial charge is 0.481 e. The average molecular weight is 452 g/mol. The highest BCUT2D eigenvalue weighted by Crippen LogP contribution is 2.34. The Balaban J connectivity index is 1.77. The zero-order valence-corrected chi connectivity index (χ0v) is 17.1. The van der Waals surface area contributed by atoms with Crippen molar-refractivity contribution in [3.8, 4) is 11.3 Å². The van der Waals surface area contributed by atoms with Crippen LogP contribution in [0.5, 0.6) is 0 Å². The predicted octanol–water partition coefficient (Wildman–Crippen LogP) is 4.36. The zero-order chi connectivity index (χ0) is 21.1. The maximum Gasteiger partial charge on any atom is 0.337 e. The van der Waals surface area contributed by atoms with Crippen LogP contribution in [0.2, 0.25) is 5.02 Å². The highest BCUT2D eigenvalue weighted by atomic mass is 35.5. The van der Waals surface area contributed by atoms with E-state index in [0.29, 0.717) is 32.7 Å². The van der Waals surface area contributed by atoms with E-state index in [9.17, 15) is 19.5 Å². The molecule has 1 aliphatic rings. The van der Waals surface area contributed by atoms with Crippen molar-refractivity contribution >= 4 is 63.8 Å². The molecule has 0 bridgehead atoms. The lowest BCUT2D eigenvalue weighted by atomic mass is 10.1. The third-order valence-electron chi connectivity index (χ3n) is 4.03. The predicted molar refractivity (Wildman–Crippen MR) is 113 cm³/mol. The van der Waals surface area contributed by atoms with Crippen LogP contribution in [0.15, 0.2) is 39.7 Å². The summed E-state index contributed by atoms with van der Waals surface area (Å²) in [7, 11) is 0. The van der Waals surface area contributed by atoms with Crippen molar-refractivity contribution in [1.29, 1.82) is 0 Å². The Morgan fingerprint density at radius 1 is 1.24 bits per heavy atom. The van der Waals surface area contributed by atoms with Crippen molar-refractivity contribution in [1.82, 2.24) is 4.90 Å². The van der Waals surface area contributed by atoms with Crippen LogP contribution >= 0.6 is 35.6 Å². The number of hydrogen-bond acceptors (Lipinski definition) is 6. The van der Waals surface area contributed by atoms with Gasteiger partial charge in [0.2, 0.25) is 0 Å².